The lowest BCUT2D eigenvalue weighted by Crippen LogP contribution is -2.36. The highest BCUT2D eigenvalue weighted by molar-refractivity contribution is 7.99. The zero-order chi connectivity index (χ0) is 47.0. The Morgan fingerprint density at radius 2 is 0.938 bits per heavy atom. The Morgan fingerprint density at radius 1 is 0.562 bits per heavy atom. The SMILES string of the molecule is NCCOc1cc(OCCN)c(C(=O)Nc2cccc(NC(=O)[C@@H](N)CCCN=C(N)N)c2SCCN)cc1C(=O)Nc1cccc(NC(=O)[C@@H](N)CCCN=C(N)N)c1SCCN. The van der Waals surface area contributed by atoms with Crippen molar-refractivity contribution in [3.05, 3.63) is 59.7 Å². The maximum absolute atomic E-state index is 14.3. The van der Waals surface area contributed by atoms with Gasteiger partial charge >= 0.3 is 0 Å². The summed E-state index contributed by atoms with van der Waals surface area (Å²) in [5.74, 6) is -1.35. The van der Waals surface area contributed by atoms with Crippen LogP contribution in [-0.2, 0) is 9.59 Å². The molecule has 0 bridgehead atoms. The normalized spacial score (nSPS) is 11.7. The van der Waals surface area contributed by atoms with Gasteiger partial charge in [0.25, 0.3) is 11.8 Å². The fourth-order valence-corrected chi connectivity index (χ4v) is 7.47. The van der Waals surface area contributed by atoms with Crippen LogP contribution in [0.4, 0.5) is 22.7 Å². The Kier molecular flexibility index (Phi) is 23.0. The third-order valence-electron chi connectivity index (χ3n) is 8.70. The topological polar surface area (TPSA) is 420 Å². The van der Waals surface area contributed by atoms with E-state index in [0.29, 0.717) is 95.9 Å². The Morgan fingerprint density at radius 3 is 1.28 bits per heavy atom. The van der Waals surface area contributed by atoms with Gasteiger partial charge in [-0.05, 0) is 56.0 Å². The van der Waals surface area contributed by atoms with Crippen molar-refractivity contribution in [1.29, 1.82) is 0 Å². The minimum absolute atomic E-state index is 0.0215. The second-order valence-electron chi connectivity index (χ2n) is 13.8. The number of anilines is 4. The molecule has 4 amide bonds. The summed E-state index contributed by atoms with van der Waals surface area (Å²) in [6.07, 6.45) is 1.57. The van der Waals surface area contributed by atoms with Crippen molar-refractivity contribution in [2.24, 2.45) is 67.3 Å². The molecule has 0 aliphatic heterocycles. The summed E-state index contributed by atoms with van der Waals surface area (Å²) in [6, 6.07) is 11.0. The van der Waals surface area contributed by atoms with Crippen molar-refractivity contribution in [2.75, 3.05) is 85.3 Å². The molecule has 64 heavy (non-hydrogen) atoms. The number of carbonyl (C=O) groups excluding carboxylic acids is 4. The average Bonchev–Trinajstić information content (AvgIpc) is 3.26. The molecule has 3 rings (SSSR count). The molecule has 0 spiro atoms. The van der Waals surface area contributed by atoms with Gasteiger partial charge in [-0.15, -0.1) is 23.5 Å². The van der Waals surface area contributed by atoms with Crippen LogP contribution in [0.3, 0.4) is 0 Å². The Bertz CT molecular complexity index is 1940. The number of ether oxygens (including phenoxy) is 2. The molecule has 22 nitrogen and oxygen atoms in total. The van der Waals surface area contributed by atoms with Gasteiger partial charge in [0.1, 0.15) is 24.7 Å². The first-order valence-electron chi connectivity index (χ1n) is 20.4. The minimum atomic E-state index is -0.875. The predicted octanol–water partition coefficient (Wildman–Crippen LogP) is -0.393. The third kappa shape index (κ3) is 17.0. The zero-order valence-corrected chi connectivity index (χ0v) is 37.2. The standard InChI is InChI=1S/C40H62N16O6S2/c41-11-17-61-31-22-32(62-18-12-42)24(36(58)54-28-8-2-10-30(34(28)64-20-14-44)56-38(60)26(46)6-4-16-52-40(49)50)21-23(31)35(57)53-27-7-1-9-29(33(27)63-19-13-43)55-37(59)25(45)5-3-15-51-39(47)48/h1-2,7-10,21-22,25-26H,3-6,11-20,41-46H2,(H,53,57)(H,54,58)(H,55,59)(H,56,60)(H4,47,48,51)(H4,49,50,52)/t25-,26-/m0/s1. The molecule has 0 aliphatic carbocycles. The Balaban J connectivity index is 2.02. The number of amides is 4. The summed E-state index contributed by atoms with van der Waals surface area (Å²) in [4.78, 5) is 63.9. The first-order valence-corrected chi connectivity index (χ1v) is 22.3. The van der Waals surface area contributed by atoms with Crippen molar-refractivity contribution in [2.45, 2.75) is 47.6 Å². The number of nitrogens with zero attached hydrogens (tertiary/aromatic N) is 2. The second-order valence-corrected chi connectivity index (χ2v) is 16.0. The molecule has 24 heteroatoms. The third-order valence-corrected chi connectivity index (χ3v) is 11.0. The van der Waals surface area contributed by atoms with Crippen LogP contribution in [0, 0.1) is 0 Å². The number of hydrogen-bond acceptors (Lipinski definition) is 16. The smallest absolute Gasteiger partial charge is 0.259 e. The van der Waals surface area contributed by atoms with Crippen LogP contribution in [0.2, 0.25) is 0 Å². The minimum Gasteiger partial charge on any atom is -0.491 e. The monoisotopic (exact) mass is 926 g/mol. The molecular formula is C40H62N16O6S2. The first kappa shape index (κ1) is 52.5. The predicted molar refractivity (Wildman–Crippen MR) is 257 cm³/mol. The van der Waals surface area contributed by atoms with Crippen LogP contribution in [-0.4, -0.2) is 112 Å². The zero-order valence-electron chi connectivity index (χ0n) is 35.6. The molecule has 24 N–H and O–H groups in total. The largest absolute Gasteiger partial charge is 0.491 e. The van der Waals surface area contributed by atoms with E-state index in [2.05, 4.69) is 31.3 Å². The van der Waals surface area contributed by atoms with Crippen molar-refractivity contribution < 1.29 is 28.7 Å². The van der Waals surface area contributed by atoms with Crippen molar-refractivity contribution in [3.8, 4) is 11.5 Å². The van der Waals surface area contributed by atoms with E-state index in [0.717, 1.165) is 0 Å². The number of aliphatic imine (C=N–C) groups is 2. The maximum Gasteiger partial charge on any atom is 0.259 e. The van der Waals surface area contributed by atoms with E-state index in [1.807, 2.05) is 0 Å². The molecule has 3 aromatic rings. The van der Waals surface area contributed by atoms with Gasteiger partial charge < -0.3 is 88.1 Å². The lowest BCUT2D eigenvalue weighted by Gasteiger charge is -2.20. The molecule has 2 atom stereocenters. The molecule has 3 aromatic carbocycles. The maximum atomic E-state index is 14.3. The summed E-state index contributed by atoms with van der Waals surface area (Å²) in [5, 5.41) is 11.5. The van der Waals surface area contributed by atoms with Gasteiger partial charge in [-0.1, -0.05) is 12.1 Å². The van der Waals surface area contributed by atoms with Crippen LogP contribution < -0.4 is 88.1 Å². The quantitative estimate of drug-likeness (QED) is 0.0191. The van der Waals surface area contributed by atoms with E-state index < -0.39 is 35.7 Å². The van der Waals surface area contributed by atoms with Crippen LogP contribution in [0.25, 0.3) is 0 Å². The van der Waals surface area contributed by atoms with Gasteiger partial charge in [-0.3, -0.25) is 29.2 Å². The van der Waals surface area contributed by atoms with Crippen molar-refractivity contribution in [3.63, 3.8) is 0 Å². The number of rotatable bonds is 28. The molecule has 0 heterocycles. The number of nitrogens with two attached hydrogens (primary N) is 10. The number of guanidine groups is 2. The van der Waals surface area contributed by atoms with Crippen LogP contribution in [0.15, 0.2) is 68.3 Å². The molecule has 0 aliphatic rings. The van der Waals surface area contributed by atoms with E-state index in [-0.39, 0.29) is 60.8 Å². The highest BCUT2D eigenvalue weighted by atomic mass is 32.2. The summed E-state index contributed by atoms with van der Waals surface area (Å²) in [6.45, 7) is 1.47. The van der Waals surface area contributed by atoms with Gasteiger partial charge in [-0.2, -0.15) is 0 Å². The highest BCUT2D eigenvalue weighted by Crippen LogP contribution is 2.38. The summed E-state index contributed by atoms with van der Waals surface area (Å²) in [5.41, 5.74) is 58.5. The molecule has 350 valence electrons. The van der Waals surface area contributed by atoms with E-state index in [9.17, 15) is 19.2 Å². The molecule has 0 aromatic heterocycles. The van der Waals surface area contributed by atoms with Gasteiger partial charge in [0, 0.05) is 56.8 Å². The number of nitrogens with one attached hydrogen (secondary N) is 4. The fraction of sp³-hybridized carbons (Fsp3) is 0.400. The Labute approximate surface area is 380 Å². The van der Waals surface area contributed by atoms with Crippen molar-refractivity contribution >= 4 is 81.8 Å². The molecule has 0 unspecified atom stereocenters. The number of hydrogen-bond donors (Lipinski definition) is 14. The highest BCUT2D eigenvalue weighted by Gasteiger charge is 2.25. The molecule has 0 saturated carbocycles. The van der Waals surface area contributed by atoms with E-state index in [4.69, 9.17) is 66.8 Å². The van der Waals surface area contributed by atoms with E-state index in [1.54, 1.807) is 36.4 Å². The van der Waals surface area contributed by atoms with Crippen LogP contribution >= 0.6 is 23.5 Å². The second kappa shape index (κ2) is 28.0. The number of benzene rings is 3. The average molecular weight is 927 g/mol. The van der Waals surface area contributed by atoms with Crippen LogP contribution in [0.5, 0.6) is 11.5 Å². The van der Waals surface area contributed by atoms with Gasteiger partial charge in [0.2, 0.25) is 11.8 Å². The van der Waals surface area contributed by atoms with Gasteiger partial charge in [0.05, 0.1) is 55.8 Å². The summed E-state index contributed by atoms with van der Waals surface area (Å²) < 4.78 is 11.8. The summed E-state index contributed by atoms with van der Waals surface area (Å²) >= 11 is 2.61. The van der Waals surface area contributed by atoms with E-state index in [1.165, 1.54) is 35.7 Å². The van der Waals surface area contributed by atoms with Gasteiger partial charge in [0.15, 0.2) is 11.9 Å². The summed E-state index contributed by atoms with van der Waals surface area (Å²) in [7, 11) is 0. The molecule has 0 fully saturated rings. The van der Waals surface area contributed by atoms with Crippen molar-refractivity contribution in [1.82, 2.24) is 0 Å². The first-order chi connectivity index (χ1) is 30.7. The lowest BCUT2D eigenvalue weighted by atomic mass is 10.1. The number of carbonyl (C=O) groups is 4. The van der Waals surface area contributed by atoms with E-state index >= 15 is 0 Å². The molecular weight excluding hydrogens is 865 g/mol. The molecule has 0 saturated heterocycles. The lowest BCUT2D eigenvalue weighted by molar-refractivity contribution is -0.118. The van der Waals surface area contributed by atoms with Gasteiger partial charge in [-0.25, -0.2) is 0 Å². The number of thioether (sulfide) groups is 2. The van der Waals surface area contributed by atoms with Crippen LogP contribution in [0.1, 0.15) is 46.4 Å². The molecule has 0 radical (unpaired) electrons. The fourth-order valence-electron chi connectivity index (χ4n) is 5.72. The Hall–Kier alpha value is -5.86.